The Kier molecular flexibility index (Phi) is 5.79. The second-order valence-corrected chi connectivity index (χ2v) is 4.23. The zero-order valence-electron chi connectivity index (χ0n) is 11.6. The molecule has 0 fully saturated rings. The number of hydrogen-bond acceptors (Lipinski definition) is 2. The fraction of sp³-hybridized carbons (Fsp3) is 0.333. The topological polar surface area (TPSA) is 58.2 Å². The number of hydrogen-bond donors (Lipinski definition) is 2. The molecule has 1 rings (SSSR count). The molecule has 0 aliphatic carbocycles. The maximum absolute atomic E-state index is 11.8. The van der Waals surface area contributed by atoms with E-state index in [0.717, 1.165) is 6.42 Å². The van der Waals surface area contributed by atoms with Gasteiger partial charge in [0.05, 0.1) is 0 Å². The maximum Gasteiger partial charge on any atom is 0.250 e. The molecule has 2 amide bonds. The Balaban J connectivity index is 2.74. The molecular weight excluding hydrogens is 240 g/mol. The van der Waals surface area contributed by atoms with Gasteiger partial charge in [-0.3, -0.25) is 9.59 Å². The molecule has 1 aromatic carbocycles. The lowest BCUT2D eigenvalue weighted by Crippen LogP contribution is -2.13. The van der Waals surface area contributed by atoms with Crippen LogP contribution >= 0.6 is 0 Å². The van der Waals surface area contributed by atoms with Crippen LogP contribution in [0.15, 0.2) is 35.9 Å². The molecule has 102 valence electrons. The minimum atomic E-state index is -0.124. The summed E-state index contributed by atoms with van der Waals surface area (Å²) in [6, 6.07) is 7.11. The lowest BCUT2D eigenvalue weighted by Gasteiger charge is -2.08. The molecule has 0 radical (unpaired) electrons. The van der Waals surface area contributed by atoms with Gasteiger partial charge in [-0.2, -0.15) is 0 Å². The van der Waals surface area contributed by atoms with Crippen LogP contribution in [-0.2, 0) is 9.59 Å². The minimum absolute atomic E-state index is 0.0504. The minimum Gasteiger partial charge on any atom is -0.326 e. The van der Waals surface area contributed by atoms with Crippen LogP contribution in [0.4, 0.5) is 11.4 Å². The van der Waals surface area contributed by atoms with Gasteiger partial charge in [0.15, 0.2) is 0 Å². The quantitative estimate of drug-likeness (QED) is 0.798. The van der Waals surface area contributed by atoms with Crippen LogP contribution in [-0.4, -0.2) is 11.8 Å². The predicted molar refractivity (Wildman–Crippen MR) is 78.0 cm³/mol. The molecule has 1 aromatic rings. The summed E-state index contributed by atoms with van der Waals surface area (Å²) in [7, 11) is 0. The Morgan fingerprint density at radius 3 is 2.37 bits per heavy atom. The van der Waals surface area contributed by atoms with Crippen molar-refractivity contribution in [3.05, 3.63) is 35.9 Å². The van der Waals surface area contributed by atoms with Gasteiger partial charge in [-0.1, -0.05) is 26.0 Å². The zero-order chi connectivity index (χ0) is 14.3. The van der Waals surface area contributed by atoms with E-state index in [1.54, 1.807) is 38.1 Å². The Morgan fingerprint density at radius 1 is 1.16 bits per heavy atom. The molecule has 4 nitrogen and oxygen atoms in total. The fourth-order valence-electron chi connectivity index (χ4n) is 1.55. The first-order chi connectivity index (χ1) is 9.06. The van der Waals surface area contributed by atoms with Crippen LogP contribution in [0.3, 0.4) is 0 Å². The molecule has 0 bridgehead atoms. The highest BCUT2D eigenvalue weighted by Gasteiger charge is 2.05. The van der Waals surface area contributed by atoms with Gasteiger partial charge in [-0.15, -0.1) is 0 Å². The Labute approximate surface area is 113 Å². The van der Waals surface area contributed by atoms with Crippen LogP contribution in [0.2, 0.25) is 0 Å². The number of rotatable bonds is 5. The number of amides is 2. The molecule has 4 heteroatoms. The van der Waals surface area contributed by atoms with Crippen LogP contribution in [0, 0.1) is 0 Å². The third kappa shape index (κ3) is 4.95. The molecule has 0 saturated carbocycles. The van der Waals surface area contributed by atoms with E-state index < -0.39 is 0 Å². The third-order valence-corrected chi connectivity index (χ3v) is 2.59. The average Bonchev–Trinajstić information content (AvgIpc) is 2.39. The van der Waals surface area contributed by atoms with E-state index in [0.29, 0.717) is 23.4 Å². The van der Waals surface area contributed by atoms with Crippen LogP contribution in [0.25, 0.3) is 0 Å². The van der Waals surface area contributed by atoms with Crippen molar-refractivity contribution in [3.63, 3.8) is 0 Å². The van der Waals surface area contributed by atoms with E-state index in [2.05, 4.69) is 10.6 Å². The van der Waals surface area contributed by atoms with Crippen molar-refractivity contribution >= 4 is 23.2 Å². The summed E-state index contributed by atoms with van der Waals surface area (Å²) in [5.74, 6) is -0.175. The fourth-order valence-corrected chi connectivity index (χ4v) is 1.55. The maximum atomic E-state index is 11.8. The van der Waals surface area contributed by atoms with Crippen molar-refractivity contribution in [1.29, 1.82) is 0 Å². The van der Waals surface area contributed by atoms with Crippen molar-refractivity contribution in [2.45, 2.75) is 33.6 Å². The van der Waals surface area contributed by atoms with Crippen molar-refractivity contribution in [1.82, 2.24) is 0 Å². The largest absolute Gasteiger partial charge is 0.326 e. The number of anilines is 2. The summed E-state index contributed by atoms with van der Waals surface area (Å²) in [5, 5.41) is 5.55. The van der Waals surface area contributed by atoms with Gasteiger partial charge >= 0.3 is 0 Å². The first-order valence-corrected chi connectivity index (χ1v) is 6.44. The molecule has 19 heavy (non-hydrogen) atoms. The zero-order valence-corrected chi connectivity index (χ0v) is 11.6. The number of carbonyl (C=O) groups is 2. The molecule has 0 unspecified atom stereocenters. The summed E-state index contributed by atoms with van der Waals surface area (Å²) in [5.41, 5.74) is 2.04. The number of allylic oxidation sites excluding steroid dienone is 1. The lowest BCUT2D eigenvalue weighted by molar-refractivity contribution is -0.116. The summed E-state index contributed by atoms with van der Waals surface area (Å²) < 4.78 is 0. The standard InChI is InChI=1S/C15H20N2O2/c1-4-7-11(3)15(19)17-13-9-6-8-12(10-13)16-14(18)5-2/h6-10H,4-5H2,1-3H3,(H,16,18)(H,17,19)/b11-7-. The Hall–Kier alpha value is -2.10. The van der Waals surface area contributed by atoms with E-state index in [1.165, 1.54) is 0 Å². The van der Waals surface area contributed by atoms with E-state index in [9.17, 15) is 9.59 Å². The normalized spacial score (nSPS) is 11.0. The van der Waals surface area contributed by atoms with Gasteiger partial charge < -0.3 is 10.6 Å². The second-order valence-electron chi connectivity index (χ2n) is 4.23. The van der Waals surface area contributed by atoms with Crippen LogP contribution < -0.4 is 10.6 Å². The predicted octanol–water partition coefficient (Wildman–Crippen LogP) is 3.33. The van der Waals surface area contributed by atoms with Gasteiger partial charge in [-0.25, -0.2) is 0 Å². The number of nitrogens with one attached hydrogen (secondary N) is 2. The molecule has 0 aliphatic heterocycles. The average molecular weight is 260 g/mol. The van der Waals surface area contributed by atoms with Gasteiger partial charge in [0, 0.05) is 23.4 Å². The van der Waals surface area contributed by atoms with Crippen molar-refractivity contribution in [2.75, 3.05) is 10.6 Å². The van der Waals surface area contributed by atoms with E-state index in [-0.39, 0.29) is 11.8 Å². The lowest BCUT2D eigenvalue weighted by atomic mass is 10.2. The molecule has 0 atom stereocenters. The van der Waals surface area contributed by atoms with Crippen molar-refractivity contribution in [3.8, 4) is 0 Å². The van der Waals surface area contributed by atoms with Crippen molar-refractivity contribution < 1.29 is 9.59 Å². The van der Waals surface area contributed by atoms with Gasteiger partial charge in [0.1, 0.15) is 0 Å². The SMILES string of the molecule is CC/C=C(/C)C(=O)Nc1cccc(NC(=O)CC)c1. The summed E-state index contributed by atoms with van der Waals surface area (Å²) in [6.07, 6.45) is 3.12. The highest BCUT2D eigenvalue weighted by atomic mass is 16.2. The third-order valence-electron chi connectivity index (χ3n) is 2.59. The summed E-state index contributed by atoms with van der Waals surface area (Å²) in [6.45, 7) is 5.55. The molecule has 0 spiro atoms. The Morgan fingerprint density at radius 2 is 1.79 bits per heavy atom. The van der Waals surface area contributed by atoms with Crippen LogP contribution in [0.1, 0.15) is 33.6 Å². The molecular formula is C15H20N2O2. The van der Waals surface area contributed by atoms with Crippen molar-refractivity contribution in [2.24, 2.45) is 0 Å². The van der Waals surface area contributed by atoms with E-state index in [1.807, 2.05) is 13.0 Å². The Bertz CT molecular complexity index is 493. The second kappa shape index (κ2) is 7.36. The summed E-state index contributed by atoms with van der Waals surface area (Å²) in [4.78, 5) is 23.1. The number of benzene rings is 1. The van der Waals surface area contributed by atoms with Gasteiger partial charge in [0.2, 0.25) is 5.91 Å². The first-order valence-electron chi connectivity index (χ1n) is 6.44. The van der Waals surface area contributed by atoms with E-state index in [4.69, 9.17) is 0 Å². The smallest absolute Gasteiger partial charge is 0.250 e. The molecule has 0 aromatic heterocycles. The number of carbonyl (C=O) groups excluding carboxylic acids is 2. The first kappa shape index (κ1) is 15.0. The molecule has 0 saturated heterocycles. The molecule has 0 aliphatic rings. The molecule has 0 heterocycles. The highest BCUT2D eigenvalue weighted by molar-refractivity contribution is 6.03. The van der Waals surface area contributed by atoms with E-state index >= 15 is 0 Å². The van der Waals surface area contributed by atoms with Gasteiger partial charge in [0.25, 0.3) is 5.91 Å². The summed E-state index contributed by atoms with van der Waals surface area (Å²) >= 11 is 0. The molecule has 2 N–H and O–H groups in total. The highest BCUT2D eigenvalue weighted by Crippen LogP contribution is 2.16. The van der Waals surface area contributed by atoms with Gasteiger partial charge in [-0.05, 0) is 31.5 Å². The van der Waals surface area contributed by atoms with Crippen LogP contribution in [0.5, 0.6) is 0 Å². The monoisotopic (exact) mass is 260 g/mol.